The van der Waals surface area contributed by atoms with Crippen LogP contribution in [0.1, 0.15) is 18.2 Å². The summed E-state index contributed by atoms with van der Waals surface area (Å²) in [6.07, 6.45) is 3.20. The van der Waals surface area contributed by atoms with Crippen molar-refractivity contribution >= 4 is 34.7 Å². The zero-order chi connectivity index (χ0) is 21.4. The second-order valence-electron chi connectivity index (χ2n) is 8.33. The van der Waals surface area contributed by atoms with Gasteiger partial charge in [-0.25, -0.2) is 9.98 Å². The summed E-state index contributed by atoms with van der Waals surface area (Å²) < 4.78 is 2.31. The standard InChI is InChI=1S/C23H29N7S/c1-27(2)13-6-14-28-15-24-22-26-21(17-9-11-18(31-3)12-10-17)30-20-8-5-4-7-19(20)25-23(30)29(22)16-28/h4-5,7-12,21H,6,13-16H2,1-3H3,(H,24,26)/t21-/m0/s1. The van der Waals surface area contributed by atoms with Crippen molar-refractivity contribution in [3.63, 3.8) is 0 Å². The summed E-state index contributed by atoms with van der Waals surface area (Å²) in [5, 5.41) is 3.70. The van der Waals surface area contributed by atoms with Gasteiger partial charge in [0.2, 0.25) is 11.9 Å². The van der Waals surface area contributed by atoms with Crippen LogP contribution in [0, 0.1) is 0 Å². The van der Waals surface area contributed by atoms with Crippen LogP contribution < -0.4 is 10.2 Å². The van der Waals surface area contributed by atoms with E-state index in [0.717, 1.165) is 49.1 Å². The third-order valence-electron chi connectivity index (χ3n) is 5.87. The molecule has 0 spiro atoms. The summed E-state index contributed by atoms with van der Waals surface area (Å²) in [5.41, 5.74) is 3.35. The number of hydrogen-bond donors (Lipinski definition) is 1. The van der Waals surface area contributed by atoms with Gasteiger partial charge in [-0.05, 0) is 63.1 Å². The van der Waals surface area contributed by atoms with Gasteiger partial charge in [0, 0.05) is 11.4 Å². The number of aliphatic imine (C=N–C) groups is 1. The fraction of sp³-hybridized carbons (Fsp3) is 0.391. The van der Waals surface area contributed by atoms with Crippen LogP contribution in [0.4, 0.5) is 5.95 Å². The van der Waals surface area contributed by atoms with E-state index in [0.29, 0.717) is 6.67 Å². The Morgan fingerprint density at radius 2 is 1.94 bits per heavy atom. The van der Waals surface area contributed by atoms with Gasteiger partial charge in [0.05, 0.1) is 24.4 Å². The lowest BCUT2D eigenvalue weighted by Gasteiger charge is -2.41. The first-order valence-electron chi connectivity index (χ1n) is 10.7. The molecule has 1 aromatic heterocycles. The zero-order valence-electron chi connectivity index (χ0n) is 18.3. The van der Waals surface area contributed by atoms with Crippen molar-refractivity contribution < 1.29 is 0 Å². The van der Waals surface area contributed by atoms with Crippen LogP contribution in [0.15, 0.2) is 58.4 Å². The minimum absolute atomic E-state index is 0.0337. The number of thioether (sulfide) groups is 1. The largest absolute Gasteiger partial charge is 0.331 e. The lowest BCUT2D eigenvalue weighted by atomic mass is 10.1. The van der Waals surface area contributed by atoms with Gasteiger partial charge in [-0.1, -0.05) is 24.3 Å². The summed E-state index contributed by atoms with van der Waals surface area (Å²) in [5.74, 6) is 1.86. The van der Waals surface area contributed by atoms with Crippen LogP contribution in [0.2, 0.25) is 0 Å². The molecule has 0 saturated carbocycles. The van der Waals surface area contributed by atoms with E-state index < -0.39 is 0 Å². The summed E-state index contributed by atoms with van der Waals surface area (Å²) in [7, 11) is 4.24. The maximum atomic E-state index is 5.02. The zero-order valence-corrected chi connectivity index (χ0v) is 19.1. The minimum Gasteiger partial charge on any atom is -0.331 e. The van der Waals surface area contributed by atoms with E-state index in [-0.39, 0.29) is 6.17 Å². The summed E-state index contributed by atoms with van der Waals surface area (Å²) >= 11 is 1.76. The molecule has 0 saturated heterocycles. The van der Waals surface area contributed by atoms with E-state index in [1.165, 1.54) is 10.5 Å². The smallest absolute Gasteiger partial charge is 0.216 e. The highest BCUT2D eigenvalue weighted by Crippen LogP contribution is 2.34. The Hall–Kier alpha value is -2.55. The third kappa shape index (κ3) is 3.91. The van der Waals surface area contributed by atoms with Gasteiger partial charge < -0.3 is 10.2 Å². The van der Waals surface area contributed by atoms with Crippen molar-refractivity contribution in [2.45, 2.75) is 17.5 Å². The van der Waals surface area contributed by atoms with Gasteiger partial charge in [-0.3, -0.25) is 14.4 Å². The molecule has 8 heteroatoms. The quantitative estimate of drug-likeness (QED) is 0.600. The van der Waals surface area contributed by atoms with Crippen molar-refractivity contribution in [2.24, 2.45) is 4.99 Å². The van der Waals surface area contributed by atoms with Crippen LogP contribution in [0.25, 0.3) is 11.0 Å². The van der Waals surface area contributed by atoms with E-state index in [4.69, 9.17) is 9.98 Å². The van der Waals surface area contributed by atoms with Gasteiger partial charge in [0.15, 0.2) is 0 Å². The molecular formula is C23H29N7S. The Bertz CT molecular complexity index is 1090. The second-order valence-corrected chi connectivity index (χ2v) is 9.21. The summed E-state index contributed by atoms with van der Waals surface area (Å²) in [6, 6.07) is 17.1. The Labute approximate surface area is 187 Å². The molecule has 5 rings (SSSR count). The fourth-order valence-electron chi connectivity index (χ4n) is 4.28. The minimum atomic E-state index is -0.0337. The molecule has 31 heavy (non-hydrogen) atoms. The van der Waals surface area contributed by atoms with Crippen molar-refractivity contribution in [3.05, 3.63) is 54.1 Å². The molecule has 2 aliphatic rings. The molecule has 3 aromatic rings. The van der Waals surface area contributed by atoms with E-state index >= 15 is 0 Å². The van der Waals surface area contributed by atoms with Gasteiger partial charge in [0.25, 0.3) is 0 Å². The van der Waals surface area contributed by atoms with Gasteiger partial charge >= 0.3 is 0 Å². The van der Waals surface area contributed by atoms with Crippen LogP contribution in [0.5, 0.6) is 0 Å². The number of anilines is 1. The molecule has 7 nitrogen and oxygen atoms in total. The van der Waals surface area contributed by atoms with E-state index in [9.17, 15) is 0 Å². The third-order valence-corrected chi connectivity index (χ3v) is 6.61. The van der Waals surface area contributed by atoms with Crippen LogP contribution in [-0.2, 0) is 0 Å². The number of nitrogens with one attached hydrogen (secondary N) is 1. The number of hydrogen-bond acceptors (Lipinski definition) is 7. The normalized spacial score (nSPS) is 18.6. The molecule has 0 radical (unpaired) electrons. The monoisotopic (exact) mass is 435 g/mol. The lowest BCUT2D eigenvalue weighted by molar-refractivity contribution is 0.254. The molecule has 0 amide bonds. The van der Waals surface area contributed by atoms with Crippen molar-refractivity contribution in [2.75, 3.05) is 51.7 Å². The first kappa shape index (κ1) is 20.4. The number of aromatic nitrogens is 2. The average Bonchev–Trinajstić information content (AvgIpc) is 3.18. The summed E-state index contributed by atoms with van der Waals surface area (Å²) in [4.78, 5) is 18.0. The predicted molar refractivity (Wildman–Crippen MR) is 129 cm³/mol. The van der Waals surface area contributed by atoms with Crippen LogP contribution in [0.3, 0.4) is 0 Å². The molecule has 2 aliphatic heterocycles. The molecule has 2 aromatic carbocycles. The van der Waals surface area contributed by atoms with Gasteiger partial charge in [-0.15, -0.1) is 11.8 Å². The Morgan fingerprint density at radius 1 is 1.13 bits per heavy atom. The van der Waals surface area contributed by atoms with Crippen molar-refractivity contribution in [1.29, 1.82) is 0 Å². The molecule has 1 N–H and O–H groups in total. The van der Waals surface area contributed by atoms with Gasteiger partial charge in [0.1, 0.15) is 6.17 Å². The first-order valence-corrected chi connectivity index (χ1v) is 11.9. The van der Waals surface area contributed by atoms with Crippen molar-refractivity contribution in [1.82, 2.24) is 24.7 Å². The molecule has 1 atom stereocenters. The molecule has 0 bridgehead atoms. The summed E-state index contributed by atoms with van der Waals surface area (Å²) in [6.45, 7) is 3.61. The molecule has 3 heterocycles. The van der Waals surface area contributed by atoms with E-state index in [2.05, 4.69) is 93.5 Å². The highest BCUT2D eigenvalue weighted by molar-refractivity contribution is 7.98. The van der Waals surface area contributed by atoms with Crippen LogP contribution >= 0.6 is 11.8 Å². The molecule has 0 fully saturated rings. The van der Waals surface area contributed by atoms with E-state index in [1.807, 2.05) is 0 Å². The number of fused-ring (bicyclic) bond motifs is 5. The molecule has 0 unspecified atom stereocenters. The SMILES string of the molecule is CSc1ccc([C@H]2NC3=NCN(CCCN(C)C)CN3c3nc4ccccc4n32)cc1. The number of rotatable bonds is 6. The van der Waals surface area contributed by atoms with Crippen molar-refractivity contribution in [3.8, 4) is 0 Å². The fourth-order valence-corrected chi connectivity index (χ4v) is 4.69. The number of guanidine groups is 1. The second kappa shape index (κ2) is 8.53. The number of nitrogens with zero attached hydrogens (tertiary/aromatic N) is 6. The Balaban J connectivity index is 1.51. The highest BCUT2D eigenvalue weighted by Gasteiger charge is 2.35. The van der Waals surface area contributed by atoms with Gasteiger partial charge in [-0.2, -0.15) is 0 Å². The maximum Gasteiger partial charge on any atom is 0.216 e. The Morgan fingerprint density at radius 3 is 2.71 bits per heavy atom. The van der Waals surface area contributed by atoms with Crippen LogP contribution in [-0.4, -0.2) is 72.1 Å². The number of imidazole rings is 1. The number of benzene rings is 2. The number of para-hydroxylation sites is 2. The maximum absolute atomic E-state index is 5.02. The first-order chi connectivity index (χ1) is 15.1. The molecular weight excluding hydrogens is 406 g/mol. The Kier molecular flexibility index (Phi) is 5.60. The lowest BCUT2D eigenvalue weighted by Crippen LogP contribution is -2.57. The predicted octanol–water partition coefficient (Wildman–Crippen LogP) is 3.25. The average molecular weight is 436 g/mol. The van der Waals surface area contributed by atoms with E-state index in [1.54, 1.807) is 11.8 Å². The molecule has 0 aliphatic carbocycles. The topological polar surface area (TPSA) is 51.9 Å². The highest BCUT2D eigenvalue weighted by atomic mass is 32.2. The molecule has 162 valence electrons.